The quantitative estimate of drug-likeness (QED) is 0.782. The molecule has 8 nitrogen and oxygen atoms in total. The lowest BCUT2D eigenvalue weighted by Crippen LogP contribution is -2.50. The molecule has 0 aliphatic carbocycles. The second-order valence-corrected chi connectivity index (χ2v) is 9.67. The Labute approximate surface area is 181 Å². The maximum absolute atomic E-state index is 13.1. The molecule has 2 aromatic rings. The summed E-state index contributed by atoms with van der Waals surface area (Å²) in [6, 6.07) is 11.9. The lowest BCUT2D eigenvalue weighted by molar-refractivity contribution is -0.123. The summed E-state index contributed by atoms with van der Waals surface area (Å²) in [5.41, 5.74) is 1.96. The highest BCUT2D eigenvalue weighted by molar-refractivity contribution is 7.89. The van der Waals surface area contributed by atoms with Crippen LogP contribution < -0.4 is 10.1 Å². The number of rotatable bonds is 4. The fraction of sp³-hybridized carbons (Fsp3) is 0.364. The van der Waals surface area contributed by atoms with Crippen LogP contribution >= 0.6 is 0 Å². The maximum Gasteiger partial charge on any atom is 0.265 e. The maximum atomic E-state index is 13.1. The summed E-state index contributed by atoms with van der Waals surface area (Å²) >= 11 is 0. The summed E-state index contributed by atoms with van der Waals surface area (Å²) in [6.45, 7) is 4.81. The number of aryl methyl sites for hydroxylation is 1. The summed E-state index contributed by atoms with van der Waals surface area (Å²) in [5, 5.41) is 2.72. The molecule has 1 atom stereocenters. The molecule has 1 N–H and O–H groups in total. The van der Waals surface area contributed by atoms with Crippen LogP contribution in [-0.4, -0.2) is 61.7 Å². The van der Waals surface area contributed by atoms with E-state index in [0.29, 0.717) is 36.5 Å². The van der Waals surface area contributed by atoms with Gasteiger partial charge in [0.2, 0.25) is 10.0 Å². The van der Waals surface area contributed by atoms with Crippen LogP contribution in [0.2, 0.25) is 0 Å². The minimum Gasteiger partial charge on any atom is -0.478 e. The predicted molar refractivity (Wildman–Crippen MR) is 116 cm³/mol. The van der Waals surface area contributed by atoms with Crippen LogP contribution in [0.4, 0.5) is 5.69 Å². The second kappa shape index (κ2) is 8.32. The van der Waals surface area contributed by atoms with Gasteiger partial charge in [-0.15, -0.1) is 0 Å². The predicted octanol–water partition coefficient (Wildman–Crippen LogP) is 2.25. The Balaban J connectivity index is 1.47. The Bertz CT molecular complexity index is 1120. The molecule has 1 saturated heterocycles. The molecule has 2 aliphatic heterocycles. The summed E-state index contributed by atoms with van der Waals surface area (Å²) < 4.78 is 33.3. The highest BCUT2D eigenvalue weighted by Gasteiger charge is 2.32. The molecular formula is C22H25N3O5S. The van der Waals surface area contributed by atoms with Gasteiger partial charge in [0, 0.05) is 31.7 Å². The molecule has 1 unspecified atom stereocenters. The zero-order chi connectivity index (χ0) is 22.2. The van der Waals surface area contributed by atoms with E-state index in [0.717, 1.165) is 5.56 Å². The van der Waals surface area contributed by atoms with Gasteiger partial charge < -0.3 is 15.0 Å². The fourth-order valence-electron chi connectivity index (χ4n) is 3.80. The number of hydrogen-bond donors (Lipinski definition) is 1. The van der Waals surface area contributed by atoms with Gasteiger partial charge in [0.05, 0.1) is 10.6 Å². The van der Waals surface area contributed by atoms with E-state index in [2.05, 4.69) is 5.32 Å². The van der Waals surface area contributed by atoms with Crippen molar-refractivity contribution >= 4 is 27.5 Å². The summed E-state index contributed by atoms with van der Waals surface area (Å²) in [5.74, 6) is 0.0756. The second-order valence-electron chi connectivity index (χ2n) is 7.73. The third-order valence-corrected chi connectivity index (χ3v) is 7.46. The van der Waals surface area contributed by atoms with Crippen molar-refractivity contribution in [3.8, 4) is 5.75 Å². The van der Waals surface area contributed by atoms with Crippen LogP contribution in [0.1, 0.15) is 29.3 Å². The molecule has 0 aromatic heterocycles. The van der Waals surface area contributed by atoms with Gasteiger partial charge in [0.25, 0.3) is 11.8 Å². The van der Waals surface area contributed by atoms with E-state index in [1.807, 2.05) is 32.0 Å². The van der Waals surface area contributed by atoms with Crippen LogP contribution in [0.25, 0.3) is 0 Å². The van der Waals surface area contributed by atoms with Gasteiger partial charge in [-0.3, -0.25) is 9.59 Å². The molecule has 2 aromatic carbocycles. The van der Waals surface area contributed by atoms with Gasteiger partial charge in [0.1, 0.15) is 5.75 Å². The van der Waals surface area contributed by atoms with Gasteiger partial charge in [-0.25, -0.2) is 8.42 Å². The summed E-state index contributed by atoms with van der Waals surface area (Å²) in [4.78, 5) is 26.5. The van der Waals surface area contributed by atoms with E-state index in [9.17, 15) is 18.0 Å². The number of carbonyl (C=O) groups is 2. The monoisotopic (exact) mass is 443 g/mol. The molecule has 4 rings (SSSR count). The molecule has 2 heterocycles. The number of nitrogens with one attached hydrogen (secondary N) is 1. The number of sulfonamides is 1. The SMILES string of the molecule is CCC1Oc2ccc(S(=O)(=O)N3CCN(C(=O)c4cccc(C)c4)CC3)cc2NC1=O. The Morgan fingerprint density at radius 2 is 1.87 bits per heavy atom. The molecule has 9 heteroatoms. The number of amides is 2. The van der Waals surface area contributed by atoms with Crippen LogP contribution in [0.3, 0.4) is 0 Å². The Hall–Kier alpha value is -2.91. The van der Waals surface area contributed by atoms with Crippen molar-refractivity contribution < 1.29 is 22.7 Å². The van der Waals surface area contributed by atoms with E-state index in [4.69, 9.17) is 4.74 Å². The molecule has 0 bridgehead atoms. The molecule has 0 saturated carbocycles. The minimum absolute atomic E-state index is 0.0866. The van der Waals surface area contributed by atoms with Crippen molar-refractivity contribution in [2.75, 3.05) is 31.5 Å². The van der Waals surface area contributed by atoms with Gasteiger partial charge >= 0.3 is 0 Å². The molecule has 2 aliphatic rings. The molecule has 0 spiro atoms. The average molecular weight is 444 g/mol. The van der Waals surface area contributed by atoms with Crippen molar-refractivity contribution in [1.29, 1.82) is 0 Å². The van der Waals surface area contributed by atoms with Crippen molar-refractivity contribution in [2.45, 2.75) is 31.3 Å². The number of hydrogen-bond acceptors (Lipinski definition) is 5. The average Bonchev–Trinajstić information content (AvgIpc) is 2.77. The van der Waals surface area contributed by atoms with Gasteiger partial charge in [-0.1, -0.05) is 24.6 Å². The fourth-order valence-corrected chi connectivity index (χ4v) is 5.25. The molecule has 31 heavy (non-hydrogen) atoms. The highest BCUT2D eigenvalue weighted by Crippen LogP contribution is 2.33. The van der Waals surface area contributed by atoms with Crippen LogP contribution in [-0.2, 0) is 14.8 Å². The lowest BCUT2D eigenvalue weighted by Gasteiger charge is -2.34. The third kappa shape index (κ3) is 4.15. The summed E-state index contributed by atoms with van der Waals surface area (Å²) in [7, 11) is -3.76. The molecular weight excluding hydrogens is 418 g/mol. The van der Waals surface area contributed by atoms with E-state index >= 15 is 0 Å². The van der Waals surface area contributed by atoms with Crippen molar-refractivity contribution in [1.82, 2.24) is 9.21 Å². The largest absolute Gasteiger partial charge is 0.478 e. The molecule has 164 valence electrons. The number of anilines is 1. The topological polar surface area (TPSA) is 96.0 Å². The van der Waals surface area contributed by atoms with Crippen molar-refractivity contribution in [3.05, 3.63) is 53.6 Å². The van der Waals surface area contributed by atoms with Gasteiger partial charge in [0.15, 0.2) is 6.10 Å². The normalized spacial score (nSPS) is 19.4. The van der Waals surface area contributed by atoms with Crippen LogP contribution in [0.15, 0.2) is 47.4 Å². The zero-order valence-corrected chi connectivity index (χ0v) is 18.3. The smallest absolute Gasteiger partial charge is 0.265 e. The first kappa shape index (κ1) is 21.3. The zero-order valence-electron chi connectivity index (χ0n) is 17.5. The number of nitrogens with zero attached hydrogens (tertiary/aromatic N) is 2. The number of fused-ring (bicyclic) bond motifs is 1. The van der Waals surface area contributed by atoms with Crippen molar-refractivity contribution in [2.24, 2.45) is 0 Å². The first-order valence-electron chi connectivity index (χ1n) is 10.3. The van der Waals surface area contributed by atoms with Gasteiger partial charge in [-0.05, 0) is 43.7 Å². The van der Waals surface area contributed by atoms with Gasteiger partial charge in [-0.2, -0.15) is 4.31 Å². The summed E-state index contributed by atoms with van der Waals surface area (Å²) in [6.07, 6.45) is -0.0504. The van der Waals surface area contributed by atoms with E-state index < -0.39 is 16.1 Å². The Kier molecular flexibility index (Phi) is 5.72. The molecule has 2 amide bonds. The van der Waals surface area contributed by atoms with E-state index in [1.165, 1.54) is 16.4 Å². The number of benzene rings is 2. The van der Waals surface area contributed by atoms with E-state index in [-0.39, 0.29) is 29.8 Å². The molecule has 1 fully saturated rings. The first-order valence-corrected chi connectivity index (χ1v) is 11.7. The lowest BCUT2D eigenvalue weighted by atomic mass is 10.1. The van der Waals surface area contributed by atoms with E-state index in [1.54, 1.807) is 17.0 Å². The highest BCUT2D eigenvalue weighted by atomic mass is 32.2. The minimum atomic E-state index is -3.76. The number of carbonyl (C=O) groups excluding carboxylic acids is 2. The van der Waals surface area contributed by atoms with Crippen LogP contribution in [0, 0.1) is 6.92 Å². The number of ether oxygens (including phenoxy) is 1. The Morgan fingerprint density at radius 3 is 2.55 bits per heavy atom. The molecule has 0 radical (unpaired) electrons. The first-order chi connectivity index (χ1) is 14.8. The van der Waals surface area contributed by atoms with Crippen LogP contribution in [0.5, 0.6) is 5.75 Å². The number of piperazine rings is 1. The van der Waals surface area contributed by atoms with Crippen molar-refractivity contribution in [3.63, 3.8) is 0 Å². The Morgan fingerprint density at radius 1 is 1.13 bits per heavy atom. The standard InChI is InChI=1S/C22H25N3O5S/c1-3-19-21(26)23-18-14-17(7-8-20(18)30-19)31(28,29)25-11-9-24(10-12-25)22(27)16-6-4-5-15(2)13-16/h4-8,13-14,19H,3,9-12H2,1-2H3,(H,23,26). The third-order valence-electron chi connectivity index (χ3n) is 5.57.